The van der Waals surface area contributed by atoms with Crippen LogP contribution in [0, 0.1) is 0 Å². The number of carbonyl (C=O) groups excluding carboxylic acids is 2. The van der Waals surface area contributed by atoms with Gasteiger partial charge in [0.15, 0.2) is 0 Å². The summed E-state index contributed by atoms with van der Waals surface area (Å²) in [7, 11) is -2.46. The monoisotopic (exact) mass is 663 g/mol. The van der Waals surface area contributed by atoms with Crippen molar-refractivity contribution >= 4 is 55.1 Å². The molecule has 0 spiro atoms. The SMILES string of the molecule is CC[C@H](C)NC(=O)[C@H](Cc1ccccc1)N(Cc1cccc(Br)c1)C(=O)CN(c1ccc(OC)c(Cl)c1)S(C)(=O)=O. The highest BCUT2D eigenvalue weighted by atomic mass is 79.9. The molecule has 220 valence electrons. The molecule has 0 aliphatic carbocycles. The maximum atomic E-state index is 14.1. The summed E-state index contributed by atoms with van der Waals surface area (Å²) in [6.07, 6.45) is 1.98. The Morgan fingerprint density at radius 2 is 1.71 bits per heavy atom. The second kappa shape index (κ2) is 14.7. The third-order valence-electron chi connectivity index (χ3n) is 6.62. The van der Waals surface area contributed by atoms with Crippen LogP contribution in [-0.4, -0.2) is 57.1 Å². The third kappa shape index (κ3) is 9.21. The fraction of sp³-hybridized carbons (Fsp3) is 0.333. The van der Waals surface area contributed by atoms with Gasteiger partial charge in [0.1, 0.15) is 18.3 Å². The Hall–Kier alpha value is -3.08. The van der Waals surface area contributed by atoms with Gasteiger partial charge in [-0.1, -0.05) is 76.9 Å². The lowest BCUT2D eigenvalue weighted by Crippen LogP contribution is -2.54. The first-order valence-electron chi connectivity index (χ1n) is 13.1. The standard InChI is InChI=1S/C30H35BrClN3O5S/c1-5-21(2)33-30(37)27(17-22-10-7-6-8-11-22)34(19-23-12-9-13-24(31)16-23)29(36)20-35(41(4,38)39)25-14-15-28(40-3)26(32)18-25/h6-16,18,21,27H,5,17,19-20H2,1-4H3,(H,33,37)/t21-,27-/m0/s1. The molecule has 0 bridgehead atoms. The van der Waals surface area contributed by atoms with Crippen molar-refractivity contribution in [2.45, 2.75) is 45.3 Å². The van der Waals surface area contributed by atoms with Crippen molar-refractivity contribution in [3.05, 3.63) is 93.4 Å². The molecule has 2 atom stereocenters. The summed E-state index contributed by atoms with van der Waals surface area (Å²) >= 11 is 9.76. The van der Waals surface area contributed by atoms with Crippen LogP contribution < -0.4 is 14.4 Å². The molecule has 0 aliphatic rings. The van der Waals surface area contributed by atoms with Crippen molar-refractivity contribution in [2.75, 3.05) is 24.2 Å². The number of sulfonamides is 1. The van der Waals surface area contributed by atoms with Crippen molar-refractivity contribution in [3.8, 4) is 5.75 Å². The van der Waals surface area contributed by atoms with Gasteiger partial charge in [0.05, 0.1) is 24.1 Å². The summed E-state index contributed by atoms with van der Waals surface area (Å²) < 4.78 is 32.9. The molecule has 8 nitrogen and oxygen atoms in total. The molecule has 0 unspecified atom stereocenters. The number of nitrogens with one attached hydrogen (secondary N) is 1. The van der Waals surface area contributed by atoms with Crippen LogP contribution in [0.4, 0.5) is 5.69 Å². The average Bonchev–Trinajstić information content (AvgIpc) is 2.93. The van der Waals surface area contributed by atoms with Gasteiger partial charge in [0, 0.05) is 23.5 Å². The molecule has 3 aromatic rings. The van der Waals surface area contributed by atoms with Crippen LogP contribution in [0.5, 0.6) is 5.75 Å². The first-order chi connectivity index (χ1) is 19.4. The number of ether oxygens (including phenoxy) is 1. The Labute approximate surface area is 255 Å². The Bertz CT molecular complexity index is 1460. The van der Waals surface area contributed by atoms with Crippen molar-refractivity contribution < 1.29 is 22.7 Å². The highest BCUT2D eigenvalue weighted by molar-refractivity contribution is 9.10. The lowest BCUT2D eigenvalue weighted by atomic mass is 10.0. The lowest BCUT2D eigenvalue weighted by molar-refractivity contribution is -0.140. The van der Waals surface area contributed by atoms with Gasteiger partial charge in [-0.2, -0.15) is 0 Å². The Morgan fingerprint density at radius 1 is 1.02 bits per heavy atom. The molecular weight excluding hydrogens is 630 g/mol. The van der Waals surface area contributed by atoms with E-state index in [0.29, 0.717) is 12.2 Å². The second-order valence-corrected chi connectivity index (χ2v) is 13.0. The quantitative estimate of drug-likeness (QED) is 0.263. The largest absolute Gasteiger partial charge is 0.495 e. The molecule has 0 radical (unpaired) electrons. The summed E-state index contributed by atoms with van der Waals surface area (Å²) in [6.45, 7) is 3.42. The van der Waals surface area contributed by atoms with Gasteiger partial charge >= 0.3 is 0 Å². The number of anilines is 1. The van der Waals surface area contributed by atoms with Crippen molar-refractivity contribution in [2.24, 2.45) is 0 Å². The summed E-state index contributed by atoms with van der Waals surface area (Å²) in [6, 6.07) is 20.3. The Balaban J connectivity index is 2.07. The number of hydrogen-bond acceptors (Lipinski definition) is 5. The van der Waals surface area contributed by atoms with E-state index in [1.807, 2.05) is 68.4 Å². The van der Waals surface area contributed by atoms with E-state index < -0.39 is 28.5 Å². The molecule has 0 saturated carbocycles. The van der Waals surface area contributed by atoms with Gasteiger partial charge in [-0.3, -0.25) is 13.9 Å². The first-order valence-corrected chi connectivity index (χ1v) is 16.1. The number of carbonyl (C=O) groups is 2. The van der Waals surface area contributed by atoms with E-state index in [-0.39, 0.29) is 35.6 Å². The van der Waals surface area contributed by atoms with Gasteiger partial charge in [0.2, 0.25) is 21.8 Å². The van der Waals surface area contributed by atoms with Gasteiger partial charge in [0.25, 0.3) is 0 Å². The van der Waals surface area contributed by atoms with Crippen LogP contribution in [-0.2, 0) is 32.6 Å². The summed E-state index contributed by atoms with van der Waals surface area (Å²) in [5.41, 5.74) is 1.85. The fourth-order valence-corrected chi connectivity index (χ4v) is 5.79. The van der Waals surface area contributed by atoms with Gasteiger partial charge in [-0.25, -0.2) is 8.42 Å². The molecule has 0 fully saturated rings. The minimum atomic E-state index is -3.91. The number of halogens is 2. The molecule has 3 aromatic carbocycles. The number of methoxy groups -OCH3 is 1. The van der Waals surface area contributed by atoms with E-state index >= 15 is 0 Å². The van der Waals surface area contributed by atoms with E-state index in [1.165, 1.54) is 30.2 Å². The zero-order chi connectivity index (χ0) is 30.2. The Kier molecular flexibility index (Phi) is 11.6. The predicted molar refractivity (Wildman–Crippen MR) is 167 cm³/mol. The van der Waals surface area contributed by atoms with Crippen molar-refractivity contribution in [1.82, 2.24) is 10.2 Å². The van der Waals surface area contributed by atoms with Gasteiger partial charge in [-0.05, 0) is 54.8 Å². The van der Waals surface area contributed by atoms with E-state index in [4.69, 9.17) is 16.3 Å². The van der Waals surface area contributed by atoms with Crippen LogP contribution in [0.3, 0.4) is 0 Å². The molecule has 1 N–H and O–H groups in total. The zero-order valence-electron chi connectivity index (χ0n) is 23.5. The molecule has 41 heavy (non-hydrogen) atoms. The maximum absolute atomic E-state index is 14.1. The topological polar surface area (TPSA) is 96.0 Å². The highest BCUT2D eigenvalue weighted by Crippen LogP contribution is 2.30. The average molecular weight is 665 g/mol. The molecule has 0 aromatic heterocycles. The maximum Gasteiger partial charge on any atom is 0.244 e. The van der Waals surface area contributed by atoms with E-state index in [9.17, 15) is 18.0 Å². The fourth-order valence-electron chi connectivity index (χ4n) is 4.25. The van der Waals surface area contributed by atoms with E-state index in [2.05, 4.69) is 21.2 Å². The van der Waals surface area contributed by atoms with Gasteiger partial charge < -0.3 is 15.0 Å². The minimum Gasteiger partial charge on any atom is -0.495 e. The lowest BCUT2D eigenvalue weighted by Gasteiger charge is -2.34. The molecule has 2 amide bonds. The third-order valence-corrected chi connectivity index (χ3v) is 8.55. The van der Waals surface area contributed by atoms with E-state index in [0.717, 1.165) is 26.2 Å². The number of amides is 2. The zero-order valence-corrected chi connectivity index (χ0v) is 26.7. The minimum absolute atomic E-state index is 0.0880. The van der Waals surface area contributed by atoms with Crippen LogP contribution >= 0.6 is 27.5 Å². The first kappa shape index (κ1) is 32.4. The van der Waals surface area contributed by atoms with Crippen molar-refractivity contribution in [3.63, 3.8) is 0 Å². The Morgan fingerprint density at radius 3 is 2.29 bits per heavy atom. The molecular formula is C30H35BrClN3O5S. The molecule has 0 saturated heterocycles. The predicted octanol–water partition coefficient (Wildman–Crippen LogP) is 5.43. The van der Waals surface area contributed by atoms with E-state index in [1.54, 1.807) is 0 Å². The van der Waals surface area contributed by atoms with Crippen LogP contribution in [0.2, 0.25) is 5.02 Å². The normalized spacial score (nSPS) is 12.7. The van der Waals surface area contributed by atoms with Crippen LogP contribution in [0.25, 0.3) is 0 Å². The molecule has 3 rings (SSSR count). The number of hydrogen-bond donors (Lipinski definition) is 1. The summed E-state index contributed by atoms with van der Waals surface area (Å²) in [5, 5.41) is 3.21. The summed E-state index contributed by atoms with van der Waals surface area (Å²) in [5.74, 6) is -0.483. The summed E-state index contributed by atoms with van der Waals surface area (Å²) in [4.78, 5) is 29.3. The van der Waals surface area contributed by atoms with Crippen molar-refractivity contribution in [1.29, 1.82) is 0 Å². The van der Waals surface area contributed by atoms with Crippen LogP contribution in [0.1, 0.15) is 31.4 Å². The molecule has 11 heteroatoms. The van der Waals surface area contributed by atoms with Gasteiger partial charge in [-0.15, -0.1) is 0 Å². The second-order valence-electron chi connectivity index (χ2n) is 9.76. The molecule has 0 heterocycles. The smallest absolute Gasteiger partial charge is 0.244 e. The number of benzene rings is 3. The molecule has 0 aliphatic heterocycles. The van der Waals surface area contributed by atoms with Crippen LogP contribution in [0.15, 0.2) is 77.3 Å². The highest BCUT2D eigenvalue weighted by Gasteiger charge is 2.33. The number of rotatable bonds is 13. The number of nitrogens with zero attached hydrogens (tertiary/aromatic N) is 2.